The fourth-order valence-corrected chi connectivity index (χ4v) is 3.68. The van der Waals surface area contributed by atoms with Crippen LogP contribution in [0.4, 0.5) is 0 Å². The molecule has 0 aromatic carbocycles. The molecule has 1 unspecified atom stereocenters. The molecule has 0 bridgehead atoms. The summed E-state index contributed by atoms with van der Waals surface area (Å²) in [6.07, 6.45) is 8.16. The van der Waals surface area contributed by atoms with E-state index in [1.807, 2.05) is 20.8 Å². The summed E-state index contributed by atoms with van der Waals surface area (Å²) in [4.78, 5) is 14.8. The van der Waals surface area contributed by atoms with Crippen molar-refractivity contribution >= 4 is 5.91 Å². The average Bonchev–Trinajstić information content (AvgIpc) is 2.94. The van der Waals surface area contributed by atoms with Gasteiger partial charge in [-0.25, -0.2) is 0 Å². The molecule has 122 valence electrons. The molecular formula is C17H32N2O2. The molecule has 4 heteroatoms. The molecule has 1 saturated carbocycles. The van der Waals surface area contributed by atoms with Crippen LogP contribution in [-0.2, 0) is 9.53 Å². The minimum atomic E-state index is -0.712. The van der Waals surface area contributed by atoms with Crippen LogP contribution in [0, 0.1) is 5.92 Å². The summed E-state index contributed by atoms with van der Waals surface area (Å²) in [6, 6.07) is 0.805. The molecule has 21 heavy (non-hydrogen) atoms. The Hall–Kier alpha value is -0.610. The number of ether oxygens (including phenoxy) is 1. The van der Waals surface area contributed by atoms with Crippen LogP contribution >= 0.6 is 0 Å². The number of hydrogen-bond donors (Lipinski definition) is 1. The lowest BCUT2D eigenvalue weighted by atomic mass is 9.94. The first kappa shape index (κ1) is 16.8. The quantitative estimate of drug-likeness (QED) is 0.819. The lowest BCUT2D eigenvalue weighted by Gasteiger charge is -2.31. The van der Waals surface area contributed by atoms with Crippen LogP contribution in [0.3, 0.4) is 0 Å². The van der Waals surface area contributed by atoms with Crippen LogP contribution in [0.2, 0.25) is 0 Å². The molecule has 1 atom stereocenters. The molecule has 1 heterocycles. The summed E-state index contributed by atoms with van der Waals surface area (Å²) in [6.45, 7) is 9.33. The van der Waals surface area contributed by atoms with Crippen LogP contribution < -0.4 is 5.32 Å². The largest absolute Gasteiger partial charge is 0.366 e. The van der Waals surface area contributed by atoms with E-state index < -0.39 is 5.60 Å². The van der Waals surface area contributed by atoms with Crippen molar-refractivity contribution < 1.29 is 9.53 Å². The van der Waals surface area contributed by atoms with Gasteiger partial charge >= 0.3 is 0 Å². The van der Waals surface area contributed by atoms with Gasteiger partial charge in [-0.05, 0) is 52.5 Å². The molecule has 0 radical (unpaired) electrons. The van der Waals surface area contributed by atoms with Gasteiger partial charge in [0, 0.05) is 25.7 Å². The Balaban J connectivity index is 1.71. The number of likely N-dealkylation sites (tertiary alicyclic amines) is 1. The zero-order valence-corrected chi connectivity index (χ0v) is 14.0. The van der Waals surface area contributed by atoms with Gasteiger partial charge in [-0.2, -0.15) is 0 Å². The number of carbonyl (C=O) groups is 1. The summed E-state index contributed by atoms with van der Waals surface area (Å²) >= 11 is 0. The summed E-state index contributed by atoms with van der Waals surface area (Å²) in [5.41, 5.74) is -0.712. The zero-order valence-electron chi connectivity index (χ0n) is 14.0. The minimum Gasteiger partial charge on any atom is -0.366 e. The maximum atomic E-state index is 12.1. The Morgan fingerprint density at radius 2 is 1.95 bits per heavy atom. The zero-order chi connectivity index (χ0) is 15.3. The number of carbonyl (C=O) groups excluding carboxylic acids is 1. The lowest BCUT2D eigenvalue weighted by Crippen LogP contribution is -2.46. The Morgan fingerprint density at radius 1 is 1.24 bits per heavy atom. The Labute approximate surface area is 129 Å². The molecule has 1 N–H and O–H groups in total. The first-order valence-electron chi connectivity index (χ1n) is 8.69. The van der Waals surface area contributed by atoms with Gasteiger partial charge in [0.2, 0.25) is 0 Å². The molecule has 2 aliphatic rings. The Morgan fingerprint density at radius 3 is 2.62 bits per heavy atom. The monoisotopic (exact) mass is 296 g/mol. The third kappa shape index (κ3) is 4.68. The second kappa shape index (κ2) is 7.59. The maximum Gasteiger partial charge on any atom is 0.251 e. The molecule has 1 aliphatic carbocycles. The van der Waals surface area contributed by atoms with Crippen molar-refractivity contribution in [3.05, 3.63) is 0 Å². The van der Waals surface area contributed by atoms with Crippen LogP contribution in [0.5, 0.6) is 0 Å². The van der Waals surface area contributed by atoms with E-state index in [1.54, 1.807) is 0 Å². The van der Waals surface area contributed by atoms with Crippen LogP contribution in [0.25, 0.3) is 0 Å². The van der Waals surface area contributed by atoms with Gasteiger partial charge in [-0.1, -0.05) is 19.3 Å². The number of nitrogens with zero attached hydrogens (tertiary/aromatic N) is 1. The number of nitrogens with one attached hydrogen (secondary N) is 1. The molecule has 1 saturated heterocycles. The summed E-state index contributed by atoms with van der Waals surface area (Å²) in [5.74, 6) is 0.619. The van der Waals surface area contributed by atoms with Gasteiger partial charge in [0.15, 0.2) is 0 Å². The predicted molar refractivity (Wildman–Crippen MR) is 85.3 cm³/mol. The molecule has 0 aromatic rings. The highest BCUT2D eigenvalue weighted by atomic mass is 16.5. The first-order valence-corrected chi connectivity index (χ1v) is 8.69. The van der Waals surface area contributed by atoms with Gasteiger partial charge < -0.3 is 15.0 Å². The van der Waals surface area contributed by atoms with Crippen molar-refractivity contribution in [2.24, 2.45) is 5.92 Å². The van der Waals surface area contributed by atoms with E-state index in [1.165, 1.54) is 45.1 Å². The topological polar surface area (TPSA) is 41.6 Å². The molecule has 1 amide bonds. The summed E-state index contributed by atoms with van der Waals surface area (Å²) < 4.78 is 5.50. The standard InChI is InChI=1S/C17H32N2O2/c1-4-21-17(2,3)16(20)18-12-14-10-11-19(13-14)15-8-6-5-7-9-15/h14-15H,4-13H2,1-3H3,(H,18,20). The number of amides is 1. The number of hydrogen-bond acceptors (Lipinski definition) is 3. The van der Waals surface area contributed by atoms with Crippen LogP contribution in [0.15, 0.2) is 0 Å². The van der Waals surface area contributed by atoms with Gasteiger partial charge in [0.05, 0.1) is 0 Å². The highest BCUT2D eigenvalue weighted by Gasteiger charge is 2.31. The fourth-order valence-electron chi connectivity index (χ4n) is 3.68. The fraction of sp³-hybridized carbons (Fsp3) is 0.941. The SMILES string of the molecule is CCOC(C)(C)C(=O)NCC1CCN(C2CCCCC2)C1. The van der Waals surface area contributed by atoms with E-state index in [9.17, 15) is 4.79 Å². The van der Waals surface area contributed by atoms with Crippen molar-refractivity contribution in [2.45, 2.75) is 70.9 Å². The van der Waals surface area contributed by atoms with Crippen molar-refractivity contribution in [3.63, 3.8) is 0 Å². The van der Waals surface area contributed by atoms with Gasteiger partial charge in [-0.15, -0.1) is 0 Å². The second-order valence-electron chi connectivity index (χ2n) is 7.09. The molecule has 2 rings (SSSR count). The van der Waals surface area contributed by atoms with Crippen molar-refractivity contribution in [2.75, 3.05) is 26.2 Å². The van der Waals surface area contributed by atoms with E-state index >= 15 is 0 Å². The van der Waals surface area contributed by atoms with Crippen molar-refractivity contribution in [1.29, 1.82) is 0 Å². The van der Waals surface area contributed by atoms with Gasteiger partial charge in [0.25, 0.3) is 5.91 Å². The number of rotatable bonds is 6. The third-order valence-corrected chi connectivity index (χ3v) is 5.01. The van der Waals surface area contributed by atoms with E-state index in [2.05, 4.69) is 10.2 Å². The summed E-state index contributed by atoms with van der Waals surface area (Å²) in [7, 11) is 0. The first-order chi connectivity index (χ1) is 10.0. The van der Waals surface area contributed by atoms with E-state index in [-0.39, 0.29) is 5.91 Å². The molecule has 4 nitrogen and oxygen atoms in total. The molecule has 2 fully saturated rings. The third-order valence-electron chi connectivity index (χ3n) is 5.01. The average molecular weight is 296 g/mol. The molecular weight excluding hydrogens is 264 g/mol. The van der Waals surface area contributed by atoms with Crippen LogP contribution in [-0.4, -0.2) is 48.7 Å². The van der Waals surface area contributed by atoms with E-state index in [4.69, 9.17) is 4.74 Å². The highest BCUT2D eigenvalue weighted by molar-refractivity contribution is 5.84. The van der Waals surface area contributed by atoms with Crippen LogP contribution in [0.1, 0.15) is 59.3 Å². The normalized spacial score (nSPS) is 25.2. The highest BCUT2D eigenvalue weighted by Crippen LogP contribution is 2.27. The van der Waals surface area contributed by atoms with Crippen molar-refractivity contribution in [3.8, 4) is 0 Å². The molecule has 0 aromatic heterocycles. The Kier molecular flexibility index (Phi) is 6.06. The Bertz CT molecular complexity index is 338. The lowest BCUT2D eigenvalue weighted by molar-refractivity contribution is -0.142. The van der Waals surface area contributed by atoms with E-state index in [0.717, 1.165) is 19.1 Å². The van der Waals surface area contributed by atoms with Gasteiger partial charge in [-0.3, -0.25) is 4.79 Å². The molecule has 1 aliphatic heterocycles. The second-order valence-corrected chi connectivity index (χ2v) is 7.09. The predicted octanol–water partition coefficient (Wildman–Crippen LogP) is 2.57. The van der Waals surface area contributed by atoms with E-state index in [0.29, 0.717) is 12.5 Å². The molecule has 0 spiro atoms. The minimum absolute atomic E-state index is 0.0143. The smallest absolute Gasteiger partial charge is 0.251 e. The summed E-state index contributed by atoms with van der Waals surface area (Å²) in [5, 5.41) is 3.08. The van der Waals surface area contributed by atoms with Gasteiger partial charge in [0.1, 0.15) is 5.60 Å². The van der Waals surface area contributed by atoms with Crippen molar-refractivity contribution in [1.82, 2.24) is 10.2 Å². The maximum absolute atomic E-state index is 12.1.